The normalized spacial score (nSPS) is 11.4. The molecule has 2 N–H and O–H groups in total. The van der Waals surface area contributed by atoms with Crippen LogP contribution in [-0.4, -0.2) is 37.6 Å². The maximum Gasteiger partial charge on any atom is 0.239 e. The zero-order valence-electron chi connectivity index (χ0n) is 12.5. The average molecular weight is 301 g/mol. The van der Waals surface area contributed by atoms with E-state index < -0.39 is 0 Å². The average Bonchev–Trinajstić information content (AvgIpc) is 2.44. The molecule has 1 aromatic carbocycles. The number of hydrogen-bond acceptors (Lipinski definition) is 3. The number of benzene rings is 1. The third-order valence-electron chi connectivity index (χ3n) is 3.20. The number of nitrogens with two attached hydrogens (primary N) is 1. The van der Waals surface area contributed by atoms with Gasteiger partial charge >= 0.3 is 0 Å². The fourth-order valence-corrected chi connectivity index (χ4v) is 2.03. The van der Waals surface area contributed by atoms with Crippen molar-refractivity contribution in [2.75, 3.05) is 20.7 Å². The highest BCUT2D eigenvalue weighted by Gasteiger charge is 2.17. The van der Waals surface area contributed by atoms with Crippen molar-refractivity contribution in [2.45, 2.75) is 32.2 Å². The molecule has 0 aliphatic heterocycles. The maximum atomic E-state index is 12.0. The fraction of sp³-hybridized carbons (Fsp3) is 0.533. The van der Waals surface area contributed by atoms with E-state index in [1.807, 2.05) is 31.2 Å². The Morgan fingerprint density at radius 1 is 1.40 bits per heavy atom. The minimum absolute atomic E-state index is 0. The lowest BCUT2D eigenvalue weighted by Gasteiger charge is -2.21. The second-order valence-electron chi connectivity index (χ2n) is 4.72. The Bertz CT molecular complexity index is 413. The standard InChI is InChI=1S/C15H24N2O2.ClH/c1-4-7-13(16)15(18)17(2)11-10-12-8-5-6-9-14(12)19-3;/h5-6,8-9,13H,4,7,10-11,16H2,1-3H3;1H. The molecule has 1 aromatic rings. The molecule has 0 aliphatic carbocycles. The van der Waals surface area contributed by atoms with Gasteiger partial charge in [-0.05, 0) is 24.5 Å². The summed E-state index contributed by atoms with van der Waals surface area (Å²) in [5, 5.41) is 0. The van der Waals surface area contributed by atoms with Gasteiger partial charge < -0.3 is 15.4 Å². The van der Waals surface area contributed by atoms with Gasteiger partial charge in [-0.15, -0.1) is 12.4 Å². The largest absolute Gasteiger partial charge is 0.496 e. The number of carbonyl (C=O) groups is 1. The Hall–Kier alpha value is -1.26. The molecule has 0 aromatic heterocycles. The highest BCUT2D eigenvalue weighted by Crippen LogP contribution is 2.17. The summed E-state index contributed by atoms with van der Waals surface area (Å²) in [6.07, 6.45) is 2.43. The first-order valence-electron chi connectivity index (χ1n) is 6.72. The van der Waals surface area contributed by atoms with Crippen LogP contribution in [0.25, 0.3) is 0 Å². The van der Waals surface area contributed by atoms with Gasteiger partial charge in [-0.3, -0.25) is 4.79 Å². The summed E-state index contributed by atoms with van der Waals surface area (Å²) < 4.78 is 5.30. The molecule has 0 aliphatic rings. The predicted molar refractivity (Wildman–Crippen MR) is 84.5 cm³/mol. The topological polar surface area (TPSA) is 55.6 Å². The first-order valence-corrected chi connectivity index (χ1v) is 6.72. The van der Waals surface area contributed by atoms with Crippen molar-refractivity contribution in [1.29, 1.82) is 0 Å². The second-order valence-corrected chi connectivity index (χ2v) is 4.72. The van der Waals surface area contributed by atoms with Crippen molar-refractivity contribution in [3.8, 4) is 5.75 Å². The van der Waals surface area contributed by atoms with Crippen molar-refractivity contribution in [1.82, 2.24) is 4.90 Å². The molecule has 0 radical (unpaired) electrons. The number of halogens is 1. The van der Waals surface area contributed by atoms with Crippen LogP contribution in [0, 0.1) is 0 Å². The lowest BCUT2D eigenvalue weighted by atomic mass is 10.1. The van der Waals surface area contributed by atoms with Crippen LogP contribution in [-0.2, 0) is 11.2 Å². The van der Waals surface area contributed by atoms with E-state index in [4.69, 9.17) is 10.5 Å². The lowest BCUT2D eigenvalue weighted by molar-refractivity contribution is -0.131. The van der Waals surface area contributed by atoms with Crippen LogP contribution < -0.4 is 10.5 Å². The van der Waals surface area contributed by atoms with Gasteiger partial charge in [0.05, 0.1) is 13.2 Å². The van der Waals surface area contributed by atoms with Gasteiger partial charge in [0, 0.05) is 13.6 Å². The van der Waals surface area contributed by atoms with Gasteiger partial charge in [0.15, 0.2) is 0 Å². The number of para-hydroxylation sites is 1. The minimum atomic E-state index is -0.382. The molecule has 1 atom stereocenters. The number of methoxy groups -OCH3 is 1. The number of likely N-dealkylation sites (N-methyl/N-ethyl adjacent to an activating group) is 1. The molecule has 0 heterocycles. The van der Waals surface area contributed by atoms with E-state index >= 15 is 0 Å². The summed E-state index contributed by atoms with van der Waals surface area (Å²) in [5.74, 6) is 0.873. The number of hydrogen-bond donors (Lipinski definition) is 1. The van der Waals surface area contributed by atoms with E-state index in [0.717, 1.165) is 30.6 Å². The third-order valence-corrected chi connectivity index (χ3v) is 3.20. The van der Waals surface area contributed by atoms with Crippen LogP contribution >= 0.6 is 12.4 Å². The number of amides is 1. The smallest absolute Gasteiger partial charge is 0.239 e. The quantitative estimate of drug-likeness (QED) is 0.840. The monoisotopic (exact) mass is 300 g/mol. The Balaban J connectivity index is 0.00000361. The maximum absolute atomic E-state index is 12.0. The molecule has 114 valence electrons. The van der Waals surface area contributed by atoms with Gasteiger partial charge in [-0.2, -0.15) is 0 Å². The van der Waals surface area contributed by atoms with Gasteiger partial charge in [0.25, 0.3) is 0 Å². The van der Waals surface area contributed by atoms with E-state index in [0.29, 0.717) is 6.54 Å². The number of nitrogens with zero attached hydrogens (tertiary/aromatic N) is 1. The van der Waals surface area contributed by atoms with E-state index in [2.05, 4.69) is 0 Å². The number of carbonyl (C=O) groups excluding carboxylic acids is 1. The Morgan fingerprint density at radius 2 is 2.05 bits per heavy atom. The number of ether oxygens (including phenoxy) is 1. The summed E-state index contributed by atoms with van der Waals surface area (Å²) in [6, 6.07) is 7.48. The van der Waals surface area contributed by atoms with Crippen molar-refractivity contribution in [3.63, 3.8) is 0 Å². The second kappa shape index (κ2) is 9.61. The number of rotatable bonds is 7. The van der Waals surface area contributed by atoms with Crippen molar-refractivity contribution in [2.24, 2.45) is 5.73 Å². The molecule has 20 heavy (non-hydrogen) atoms. The molecule has 1 amide bonds. The predicted octanol–water partition coefficient (Wildman–Crippen LogP) is 2.25. The van der Waals surface area contributed by atoms with Gasteiger partial charge in [-0.1, -0.05) is 31.5 Å². The SMILES string of the molecule is CCCC(N)C(=O)N(C)CCc1ccccc1OC.Cl. The Labute approximate surface area is 127 Å². The van der Waals surface area contributed by atoms with Gasteiger partial charge in [0.1, 0.15) is 5.75 Å². The Kier molecular flexibility index (Phi) is 9.01. The zero-order chi connectivity index (χ0) is 14.3. The molecule has 4 nitrogen and oxygen atoms in total. The molecular weight excluding hydrogens is 276 g/mol. The lowest BCUT2D eigenvalue weighted by Crippen LogP contribution is -2.42. The minimum Gasteiger partial charge on any atom is -0.496 e. The van der Waals surface area contributed by atoms with Gasteiger partial charge in [-0.25, -0.2) is 0 Å². The first kappa shape index (κ1) is 18.7. The van der Waals surface area contributed by atoms with Crippen LogP contribution in [0.5, 0.6) is 5.75 Å². The molecule has 1 unspecified atom stereocenters. The third kappa shape index (κ3) is 5.39. The first-order chi connectivity index (χ1) is 9.10. The molecule has 5 heteroatoms. The van der Waals surface area contributed by atoms with Gasteiger partial charge in [0.2, 0.25) is 5.91 Å². The summed E-state index contributed by atoms with van der Waals surface area (Å²) in [5.41, 5.74) is 6.94. The van der Waals surface area contributed by atoms with Crippen molar-refractivity contribution in [3.05, 3.63) is 29.8 Å². The van der Waals surface area contributed by atoms with Crippen LogP contribution in [0.4, 0.5) is 0 Å². The van der Waals surface area contributed by atoms with Crippen molar-refractivity contribution < 1.29 is 9.53 Å². The van der Waals surface area contributed by atoms with Crippen LogP contribution in [0.1, 0.15) is 25.3 Å². The zero-order valence-corrected chi connectivity index (χ0v) is 13.3. The van der Waals surface area contributed by atoms with Crippen LogP contribution in [0.2, 0.25) is 0 Å². The van der Waals surface area contributed by atoms with Crippen LogP contribution in [0.3, 0.4) is 0 Å². The molecule has 0 saturated heterocycles. The van der Waals surface area contributed by atoms with E-state index in [1.165, 1.54) is 0 Å². The summed E-state index contributed by atoms with van der Waals surface area (Å²) >= 11 is 0. The van der Waals surface area contributed by atoms with E-state index in [9.17, 15) is 4.79 Å². The van der Waals surface area contributed by atoms with E-state index in [1.54, 1.807) is 19.1 Å². The van der Waals surface area contributed by atoms with Crippen LogP contribution in [0.15, 0.2) is 24.3 Å². The summed E-state index contributed by atoms with van der Waals surface area (Å²) in [7, 11) is 3.46. The fourth-order valence-electron chi connectivity index (χ4n) is 2.03. The molecular formula is C15H25ClN2O2. The summed E-state index contributed by atoms with van der Waals surface area (Å²) in [4.78, 5) is 13.7. The molecule has 0 spiro atoms. The highest BCUT2D eigenvalue weighted by molar-refractivity contribution is 5.85. The molecule has 0 fully saturated rings. The highest BCUT2D eigenvalue weighted by atomic mass is 35.5. The molecule has 1 rings (SSSR count). The molecule has 0 saturated carbocycles. The molecule has 0 bridgehead atoms. The Morgan fingerprint density at radius 3 is 2.65 bits per heavy atom. The summed E-state index contributed by atoms with van der Waals surface area (Å²) in [6.45, 7) is 2.68. The van der Waals surface area contributed by atoms with E-state index in [-0.39, 0.29) is 24.4 Å². The van der Waals surface area contributed by atoms with Crippen molar-refractivity contribution >= 4 is 18.3 Å².